The van der Waals surface area contributed by atoms with E-state index in [1.165, 1.54) is 12.5 Å². The number of benzene rings is 1. The Morgan fingerprint density at radius 3 is 2.81 bits per heavy atom. The number of hydrogen-bond acceptors (Lipinski definition) is 2. The topological polar surface area (TPSA) is 12.0 Å². The van der Waals surface area contributed by atoms with Crippen LogP contribution in [0.4, 0.5) is 4.39 Å². The van der Waals surface area contributed by atoms with Crippen molar-refractivity contribution >= 4 is 11.8 Å². The van der Waals surface area contributed by atoms with Crippen molar-refractivity contribution in [2.24, 2.45) is 0 Å². The summed E-state index contributed by atoms with van der Waals surface area (Å²) in [5, 5.41) is 3.40. The third-order valence-corrected chi connectivity index (χ3v) is 3.60. The van der Waals surface area contributed by atoms with Crippen LogP contribution in [0.3, 0.4) is 0 Å². The molecule has 1 nitrogen and oxygen atoms in total. The molecule has 1 unspecified atom stereocenters. The van der Waals surface area contributed by atoms with Gasteiger partial charge in [0.25, 0.3) is 0 Å². The van der Waals surface area contributed by atoms with Gasteiger partial charge in [0.15, 0.2) is 0 Å². The van der Waals surface area contributed by atoms with Gasteiger partial charge in [-0.1, -0.05) is 26.0 Å². The van der Waals surface area contributed by atoms with E-state index in [0.717, 1.165) is 23.6 Å². The predicted molar refractivity (Wildman–Crippen MR) is 70.4 cm³/mol. The lowest BCUT2D eigenvalue weighted by molar-refractivity contribution is 0.588. The van der Waals surface area contributed by atoms with E-state index in [9.17, 15) is 4.39 Å². The number of rotatable bonds is 7. The fraction of sp³-hybridized carbons (Fsp3) is 0.538. The van der Waals surface area contributed by atoms with Crippen LogP contribution in [0, 0.1) is 5.82 Å². The summed E-state index contributed by atoms with van der Waals surface area (Å²) in [4.78, 5) is 0. The van der Waals surface area contributed by atoms with Crippen LogP contribution >= 0.6 is 11.8 Å². The zero-order valence-corrected chi connectivity index (χ0v) is 10.8. The quantitative estimate of drug-likeness (QED) is 0.732. The van der Waals surface area contributed by atoms with Crippen molar-refractivity contribution in [3.8, 4) is 0 Å². The maximum Gasteiger partial charge on any atom is 0.123 e. The smallest absolute Gasteiger partial charge is 0.123 e. The SMILES string of the molecule is CCCSCC(NCC)c1cccc(F)c1. The first-order valence-corrected chi connectivity index (χ1v) is 7.00. The molecule has 3 heteroatoms. The van der Waals surface area contributed by atoms with Crippen LogP contribution in [-0.4, -0.2) is 18.1 Å². The minimum Gasteiger partial charge on any atom is -0.310 e. The van der Waals surface area contributed by atoms with Gasteiger partial charge in [-0.3, -0.25) is 0 Å². The lowest BCUT2D eigenvalue weighted by Crippen LogP contribution is -2.23. The van der Waals surface area contributed by atoms with Crippen molar-refractivity contribution in [3.05, 3.63) is 35.6 Å². The molecule has 16 heavy (non-hydrogen) atoms. The van der Waals surface area contributed by atoms with Crippen molar-refractivity contribution in [2.75, 3.05) is 18.1 Å². The molecule has 0 saturated carbocycles. The van der Waals surface area contributed by atoms with E-state index < -0.39 is 0 Å². The highest BCUT2D eigenvalue weighted by atomic mass is 32.2. The van der Waals surface area contributed by atoms with E-state index in [4.69, 9.17) is 0 Å². The maximum atomic E-state index is 13.1. The maximum absolute atomic E-state index is 13.1. The Morgan fingerprint density at radius 2 is 2.19 bits per heavy atom. The first-order chi connectivity index (χ1) is 7.77. The van der Waals surface area contributed by atoms with Gasteiger partial charge >= 0.3 is 0 Å². The first kappa shape index (κ1) is 13.5. The lowest BCUT2D eigenvalue weighted by Gasteiger charge is -2.17. The van der Waals surface area contributed by atoms with Gasteiger partial charge in [0.1, 0.15) is 5.82 Å². The average Bonchev–Trinajstić information content (AvgIpc) is 2.28. The van der Waals surface area contributed by atoms with Gasteiger partial charge in [-0.25, -0.2) is 4.39 Å². The second kappa shape index (κ2) is 7.69. The molecule has 0 heterocycles. The van der Waals surface area contributed by atoms with Gasteiger partial charge in [-0.05, 0) is 36.4 Å². The highest BCUT2D eigenvalue weighted by molar-refractivity contribution is 7.99. The Labute approximate surface area is 102 Å². The van der Waals surface area contributed by atoms with Crippen molar-refractivity contribution in [3.63, 3.8) is 0 Å². The van der Waals surface area contributed by atoms with E-state index in [2.05, 4.69) is 19.2 Å². The van der Waals surface area contributed by atoms with Gasteiger partial charge < -0.3 is 5.32 Å². The summed E-state index contributed by atoms with van der Waals surface area (Å²) in [6, 6.07) is 7.14. The van der Waals surface area contributed by atoms with Crippen molar-refractivity contribution < 1.29 is 4.39 Å². The molecule has 1 rings (SSSR count). The second-order valence-corrected chi connectivity index (χ2v) is 4.89. The molecule has 1 aromatic rings. The molecule has 1 atom stereocenters. The molecule has 1 aromatic carbocycles. The molecular formula is C13H20FNS. The molecule has 0 aromatic heterocycles. The van der Waals surface area contributed by atoms with Crippen LogP contribution in [0.5, 0.6) is 0 Å². The van der Waals surface area contributed by atoms with Gasteiger partial charge in [-0.2, -0.15) is 11.8 Å². The molecular weight excluding hydrogens is 221 g/mol. The van der Waals surface area contributed by atoms with Crippen LogP contribution in [0.25, 0.3) is 0 Å². The van der Waals surface area contributed by atoms with E-state index in [-0.39, 0.29) is 11.9 Å². The Hall–Kier alpha value is -0.540. The summed E-state index contributed by atoms with van der Waals surface area (Å²) in [6.07, 6.45) is 1.19. The number of thioether (sulfide) groups is 1. The van der Waals surface area contributed by atoms with Crippen molar-refractivity contribution in [1.29, 1.82) is 0 Å². The van der Waals surface area contributed by atoms with Crippen LogP contribution < -0.4 is 5.32 Å². The molecule has 0 saturated heterocycles. The second-order valence-electron chi connectivity index (χ2n) is 3.74. The minimum absolute atomic E-state index is 0.152. The van der Waals surface area contributed by atoms with Gasteiger partial charge in [0, 0.05) is 11.8 Å². The summed E-state index contributed by atoms with van der Waals surface area (Å²) in [5.74, 6) is 2.02. The highest BCUT2D eigenvalue weighted by Crippen LogP contribution is 2.19. The third kappa shape index (κ3) is 4.54. The van der Waals surface area contributed by atoms with E-state index in [1.54, 1.807) is 12.1 Å². The van der Waals surface area contributed by atoms with Crippen LogP contribution in [0.2, 0.25) is 0 Å². The van der Waals surface area contributed by atoms with E-state index >= 15 is 0 Å². The standard InChI is InChI=1S/C13H20FNS/c1-3-8-16-10-13(15-4-2)11-6-5-7-12(14)9-11/h5-7,9,13,15H,3-4,8,10H2,1-2H3. The molecule has 90 valence electrons. The van der Waals surface area contributed by atoms with Gasteiger partial charge in [0.05, 0.1) is 0 Å². The Kier molecular flexibility index (Phi) is 6.50. The Bertz CT molecular complexity index is 304. The average molecular weight is 241 g/mol. The normalized spacial score (nSPS) is 12.7. The number of hydrogen-bond donors (Lipinski definition) is 1. The zero-order valence-electron chi connectivity index (χ0n) is 10.0. The molecule has 0 bridgehead atoms. The van der Waals surface area contributed by atoms with Crippen LogP contribution in [-0.2, 0) is 0 Å². The predicted octanol–water partition coefficient (Wildman–Crippen LogP) is 3.62. The Morgan fingerprint density at radius 1 is 1.38 bits per heavy atom. The molecule has 0 aliphatic carbocycles. The molecule has 0 aliphatic heterocycles. The molecule has 0 aliphatic rings. The summed E-state index contributed by atoms with van der Waals surface area (Å²) in [5.41, 5.74) is 1.05. The summed E-state index contributed by atoms with van der Waals surface area (Å²) < 4.78 is 13.1. The molecule has 0 amide bonds. The third-order valence-electron chi connectivity index (χ3n) is 2.33. The van der Waals surface area contributed by atoms with Crippen molar-refractivity contribution in [2.45, 2.75) is 26.3 Å². The summed E-state index contributed by atoms with van der Waals surface area (Å²) in [6.45, 7) is 5.17. The highest BCUT2D eigenvalue weighted by Gasteiger charge is 2.10. The fourth-order valence-corrected chi connectivity index (χ4v) is 2.59. The lowest BCUT2D eigenvalue weighted by atomic mass is 10.1. The minimum atomic E-state index is -0.152. The monoisotopic (exact) mass is 241 g/mol. The largest absolute Gasteiger partial charge is 0.310 e. The summed E-state index contributed by atoms with van der Waals surface area (Å²) in [7, 11) is 0. The van der Waals surface area contributed by atoms with E-state index in [0.29, 0.717) is 0 Å². The number of nitrogens with one attached hydrogen (secondary N) is 1. The molecule has 1 N–H and O–H groups in total. The molecule has 0 fully saturated rings. The Balaban J connectivity index is 2.61. The van der Waals surface area contributed by atoms with E-state index in [1.807, 2.05) is 17.8 Å². The molecule has 0 spiro atoms. The first-order valence-electron chi connectivity index (χ1n) is 5.84. The van der Waals surface area contributed by atoms with Gasteiger partial charge in [-0.15, -0.1) is 0 Å². The van der Waals surface area contributed by atoms with Crippen LogP contribution in [0.1, 0.15) is 31.9 Å². The van der Waals surface area contributed by atoms with Gasteiger partial charge in [0.2, 0.25) is 0 Å². The van der Waals surface area contributed by atoms with Crippen LogP contribution in [0.15, 0.2) is 24.3 Å². The molecule has 0 radical (unpaired) electrons. The number of halogens is 1. The zero-order chi connectivity index (χ0) is 11.8. The fourth-order valence-electron chi connectivity index (χ4n) is 1.59. The van der Waals surface area contributed by atoms with Crippen molar-refractivity contribution in [1.82, 2.24) is 5.32 Å². The summed E-state index contributed by atoms with van der Waals surface area (Å²) >= 11 is 1.92.